The number of ether oxygens (including phenoxy) is 2. The summed E-state index contributed by atoms with van der Waals surface area (Å²) in [6.07, 6.45) is 3.45. The summed E-state index contributed by atoms with van der Waals surface area (Å²) in [4.78, 5) is 27.4. The summed E-state index contributed by atoms with van der Waals surface area (Å²) in [5.74, 6) is -1.10. The lowest BCUT2D eigenvalue weighted by Gasteiger charge is -2.38. The molecule has 8 nitrogen and oxygen atoms in total. The number of aryl methyl sites for hydroxylation is 1. The lowest BCUT2D eigenvalue weighted by Crippen LogP contribution is -2.52. The minimum Gasteiger partial charge on any atom is -0.481 e. The number of hydrogen-bond acceptors (Lipinski definition) is 5. The first-order chi connectivity index (χ1) is 15.8. The molecule has 2 amide bonds. The summed E-state index contributed by atoms with van der Waals surface area (Å²) in [7, 11) is 1.65. The van der Waals surface area contributed by atoms with Gasteiger partial charge in [-0.15, -0.1) is 12.4 Å². The second kappa shape index (κ2) is 12.9. The van der Waals surface area contributed by atoms with Gasteiger partial charge in [-0.05, 0) is 64.3 Å². The highest BCUT2D eigenvalue weighted by Gasteiger charge is 2.34. The Bertz CT molecular complexity index is 976. The maximum Gasteiger partial charge on any atom is 0.274 e. The highest BCUT2D eigenvalue weighted by Crippen LogP contribution is 2.36. The highest BCUT2D eigenvalue weighted by molar-refractivity contribution is 6.04. The molecule has 0 aliphatic carbocycles. The number of aromatic nitrogens is 1. The van der Waals surface area contributed by atoms with Gasteiger partial charge in [0, 0.05) is 44.3 Å². The molecule has 1 aromatic heterocycles. The van der Waals surface area contributed by atoms with Crippen LogP contribution in [0, 0.1) is 5.82 Å². The number of benzene rings is 1. The Morgan fingerprint density at radius 2 is 2.09 bits per heavy atom. The summed E-state index contributed by atoms with van der Waals surface area (Å²) in [6.45, 7) is 6.36. The lowest BCUT2D eigenvalue weighted by atomic mass is 10.0. The van der Waals surface area contributed by atoms with E-state index >= 15 is 0 Å². The molecule has 1 fully saturated rings. The molecule has 1 atom stereocenters. The molecule has 10 heteroatoms. The van der Waals surface area contributed by atoms with Gasteiger partial charge in [-0.3, -0.25) is 9.59 Å². The van der Waals surface area contributed by atoms with Gasteiger partial charge in [-0.25, -0.2) is 4.39 Å². The monoisotopic (exact) mass is 498 g/mol. The van der Waals surface area contributed by atoms with Gasteiger partial charge in [0.1, 0.15) is 5.82 Å². The molecule has 0 radical (unpaired) electrons. The number of nitrogens with zero attached hydrogens (tertiary/aromatic N) is 2. The first kappa shape index (κ1) is 27.9. The van der Waals surface area contributed by atoms with E-state index in [-0.39, 0.29) is 36.1 Å². The van der Waals surface area contributed by atoms with Crippen molar-refractivity contribution in [3.05, 3.63) is 29.7 Å². The number of methoxy groups -OCH3 is 1. The van der Waals surface area contributed by atoms with Crippen LogP contribution in [0.3, 0.4) is 0 Å². The summed E-state index contributed by atoms with van der Waals surface area (Å²) < 4.78 is 27.0. The van der Waals surface area contributed by atoms with Crippen LogP contribution in [0.4, 0.5) is 4.39 Å². The third-order valence-corrected chi connectivity index (χ3v) is 5.98. The quantitative estimate of drug-likeness (QED) is 0.464. The van der Waals surface area contributed by atoms with Gasteiger partial charge in [0.05, 0.1) is 5.52 Å². The van der Waals surface area contributed by atoms with Crippen molar-refractivity contribution in [1.29, 1.82) is 0 Å². The molecule has 1 aromatic carbocycles. The molecule has 1 aliphatic heterocycles. The Morgan fingerprint density at radius 1 is 1.32 bits per heavy atom. The third-order valence-electron chi connectivity index (χ3n) is 5.98. The number of fused-ring (bicyclic) bond motifs is 1. The van der Waals surface area contributed by atoms with Crippen molar-refractivity contribution >= 4 is 35.1 Å². The number of nitrogens with two attached hydrogens (primary N) is 1. The molecule has 0 bridgehead atoms. The van der Waals surface area contributed by atoms with Crippen molar-refractivity contribution < 1.29 is 23.5 Å². The van der Waals surface area contributed by atoms with E-state index in [1.165, 1.54) is 12.1 Å². The summed E-state index contributed by atoms with van der Waals surface area (Å²) in [5, 5.41) is 3.83. The number of piperidine rings is 1. The molecule has 0 saturated carbocycles. The van der Waals surface area contributed by atoms with Gasteiger partial charge in [0.2, 0.25) is 0 Å². The van der Waals surface area contributed by atoms with Crippen LogP contribution in [0.2, 0.25) is 0 Å². The first-order valence-electron chi connectivity index (χ1n) is 11.6. The minimum absolute atomic E-state index is 0. The van der Waals surface area contributed by atoms with Crippen molar-refractivity contribution in [2.24, 2.45) is 5.73 Å². The summed E-state index contributed by atoms with van der Waals surface area (Å²) >= 11 is 0. The predicted octanol–water partition coefficient (Wildman–Crippen LogP) is 3.10. The number of unbranched alkanes of at least 4 members (excludes halogenated alkanes) is 1. The first-order valence-corrected chi connectivity index (χ1v) is 11.6. The van der Waals surface area contributed by atoms with E-state index in [2.05, 4.69) is 5.32 Å². The molecule has 34 heavy (non-hydrogen) atoms. The maximum atomic E-state index is 14.2. The van der Waals surface area contributed by atoms with Gasteiger partial charge in [0.25, 0.3) is 11.8 Å². The van der Waals surface area contributed by atoms with Crippen molar-refractivity contribution in [3.8, 4) is 5.75 Å². The fourth-order valence-electron chi connectivity index (χ4n) is 4.56. The normalized spacial score (nSPS) is 15.9. The molecule has 3 rings (SSSR count). The molecule has 3 N–H and O–H groups in total. The van der Waals surface area contributed by atoms with E-state index in [9.17, 15) is 14.0 Å². The number of hydrogen-bond donors (Lipinski definition) is 2. The van der Waals surface area contributed by atoms with E-state index in [1.807, 2.05) is 23.3 Å². The number of carbonyl (C=O) groups excluding carboxylic acids is 2. The van der Waals surface area contributed by atoms with Crippen LogP contribution in [0.1, 0.15) is 50.0 Å². The average molecular weight is 499 g/mol. The Morgan fingerprint density at radius 3 is 2.71 bits per heavy atom. The zero-order valence-electron chi connectivity index (χ0n) is 20.1. The molecule has 190 valence electrons. The molecule has 1 aliphatic rings. The van der Waals surface area contributed by atoms with Crippen LogP contribution in [-0.4, -0.2) is 66.8 Å². The topological polar surface area (TPSA) is 98.8 Å². The van der Waals surface area contributed by atoms with Gasteiger partial charge >= 0.3 is 0 Å². The van der Waals surface area contributed by atoms with E-state index in [0.29, 0.717) is 36.3 Å². The molecular weight excluding hydrogens is 463 g/mol. The Balaban J connectivity index is 0.00000408. The second-order valence-electron chi connectivity index (χ2n) is 8.75. The second-order valence-corrected chi connectivity index (χ2v) is 8.75. The Hall–Kier alpha value is -2.36. The number of rotatable bonds is 11. The van der Waals surface area contributed by atoms with E-state index in [0.717, 1.165) is 32.2 Å². The number of nitrogens with one attached hydrogen (secondary N) is 1. The fourth-order valence-corrected chi connectivity index (χ4v) is 4.56. The van der Waals surface area contributed by atoms with E-state index in [4.69, 9.17) is 15.2 Å². The Kier molecular flexibility index (Phi) is 10.6. The van der Waals surface area contributed by atoms with Gasteiger partial charge in [-0.2, -0.15) is 0 Å². The minimum atomic E-state index is -0.664. The molecular formula is C24H36ClFN4O4. The summed E-state index contributed by atoms with van der Waals surface area (Å²) in [5.41, 5.74) is 6.33. The van der Waals surface area contributed by atoms with Crippen LogP contribution in [-0.2, 0) is 16.1 Å². The van der Waals surface area contributed by atoms with Crippen molar-refractivity contribution in [1.82, 2.24) is 14.8 Å². The van der Waals surface area contributed by atoms with Gasteiger partial charge < -0.3 is 30.0 Å². The lowest BCUT2D eigenvalue weighted by molar-refractivity contribution is -0.119. The van der Waals surface area contributed by atoms with Crippen molar-refractivity contribution in [2.45, 2.75) is 58.2 Å². The molecule has 1 saturated heterocycles. The zero-order valence-corrected chi connectivity index (χ0v) is 21.0. The summed E-state index contributed by atoms with van der Waals surface area (Å²) in [6, 6.07) is 4.34. The average Bonchev–Trinajstić information content (AvgIpc) is 3.08. The fraction of sp³-hybridized carbons (Fsp3) is 0.583. The predicted molar refractivity (Wildman–Crippen MR) is 132 cm³/mol. The molecule has 2 heterocycles. The van der Waals surface area contributed by atoms with Crippen molar-refractivity contribution in [3.63, 3.8) is 0 Å². The maximum absolute atomic E-state index is 14.2. The number of carbonyl (C=O) groups is 2. The van der Waals surface area contributed by atoms with Gasteiger partial charge in [0.15, 0.2) is 18.1 Å². The highest BCUT2D eigenvalue weighted by atomic mass is 35.5. The number of amides is 2. The van der Waals surface area contributed by atoms with Crippen LogP contribution < -0.4 is 15.8 Å². The third kappa shape index (κ3) is 6.40. The van der Waals surface area contributed by atoms with Crippen molar-refractivity contribution in [2.75, 3.05) is 33.4 Å². The van der Waals surface area contributed by atoms with E-state index in [1.54, 1.807) is 13.2 Å². The molecule has 0 unspecified atom stereocenters. The van der Waals surface area contributed by atoms with Crippen LogP contribution in [0.25, 0.3) is 10.9 Å². The smallest absolute Gasteiger partial charge is 0.274 e. The molecule has 2 aromatic rings. The standard InChI is InChI=1S/C24H35FN4O4.ClH/c1-16(2)29(18-7-6-10-27-14-18)24(31)22-23(33-15-21(26)30)19-13-17(25)8-9-20(19)28(22)11-4-5-12-32-3;/h8-9,13,16,18,27H,4-7,10-12,14-15H2,1-3H3,(H2,26,30);1H/t18-;/m1./s1. The number of primary amides is 1. The van der Waals surface area contributed by atoms with Gasteiger partial charge in [-0.1, -0.05) is 0 Å². The van der Waals surface area contributed by atoms with Crippen LogP contribution in [0.5, 0.6) is 5.75 Å². The number of halogens is 2. The Labute approximate surface area is 206 Å². The zero-order chi connectivity index (χ0) is 24.0. The van der Waals surface area contributed by atoms with Crippen LogP contribution >= 0.6 is 12.4 Å². The van der Waals surface area contributed by atoms with E-state index < -0.39 is 18.3 Å². The van der Waals surface area contributed by atoms with Crippen LogP contribution in [0.15, 0.2) is 18.2 Å². The molecule has 0 spiro atoms. The SMILES string of the molecule is COCCCCn1c(C(=O)N(C(C)C)[C@@H]2CCCNC2)c(OCC(N)=O)c2cc(F)ccc21.Cl. The largest absolute Gasteiger partial charge is 0.481 e.